The highest BCUT2D eigenvalue weighted by atomic mass is 16.5. The van der Waals surface area contributed by atoms with Crippen LogP contribution in [-0.2, 0) is 4.74 Å². The first-order chi connectivity index (χ1) is 15.7. The van der Waals surface area contributed by atoms with E-state index in [0.29, 0.717) is 37.7 Å². The average molecular weight is 435 g/mol. The summed E-state index contributed by atoms with van der Waals surface area (Å²) in [4.78, 5) is 15.8. The molecule has 3 aromatic carbocycles. The Labute approximate surface area is 189 Å². The molecular weight excluding hydrogens is 404 g/mol. The minimum atomic E-state index is -0.128. The number of nitrogens with one attached hydrogen (secondary N) is 1. The van der Waals surface area contributed by atoms with Crippen LogP contribution < -0.4 is 14.8 Å². The minimum absolute atomic E-state index is 0.0410. The maximum absolute atomic E-state index is 13.4. The Morgan fingerprint density at radius 2 is 1.81 bits per heavy atom. The number of carbonyl (C=O) groups is 1. The van der Waals surface area contributed by atoms with Crippen LogP contribution in [0.2, 0.25) is 0 Å². The van der Waals surface area contributed by atoms with Gasteiger partial charge in [0.15, 0.2) is 0 Å². The molecular formula is C26H30N2O4. The Morgan fingerprint density at radius 3 is 2.53 bits per heavy atom. The standard InChI is InChI=1S/C26H30N2O4/c1-3-32-24-13-10-19-6-4-5-7-22(19)25(24)26(29)27-18-23(28-14-16-31-17-15-28)20-8-11-21(30-2)12-9-20/h4-13,23H,3,14-18H2,1-2H3,(H,27,29). The first kappa shape index (κ1) is 22.1. The summed E-state index contributed by atoms with van der Waals surface area (Å²) in [5.41, 5.74) is 1.72. The Hall–Kier alpha value is -3.09. The second-order valence-corrected chi connectivity index (χ2v) is 7.74. The van der Waals surface area contributed by atoms with Crippen molar-refractivity contribution >= 4 is 16.7 Å². The number of ether oxygens (including phenoxy) is 3. The van der Waals surface area contributed by atoms with Crippen LogP contribution in [0.25, 0.3) is 10.8 Å². The van der Waals surface area contributed by atoms with E-state index in [1.807, 2.05) is 55.5 Å². The molecule has 1 atom stereocenters. The smallest absolute Gasteiger partial charge is 0.255 e. The van der Waals surface area contributed by atoms with Crippen molar-refractivity contribution in [1.29, 1.82) is 0 Å². The molecule has 6 heteroatoms. The molecule has 0 bridgehead atoms. The van der Waals surface area contributed by atoms with Crippen molar-refractivity contribution in [3.05, 3.63) is 71.8 Å². The van der Waals surface area contributed by atoms with E-state index < -0.39 is 0 Å². The fraction of sp³-hybridized carbons (Fsp3) is 0.346. The van der Waals surface area contributed by atoms with Gasteiger partial charge in [0.1, 0.15) is 11.5 Å². The summed E-state index contributed by atoms with van der Waals surface area (Å²) in [6.45, 7) is 5.95. The summed E-state index contributed by atoms with van der Waals surface area (Å²) in [7, 11) is 1.66. The fourth-order valence-corrected chi connectivity index (χ4v) is 4.21. The summed E-state index contributed by atoms with van der Waals surface area (Å²) >= 11 is 0. The molecule has 1 fully saturated rings. The van der Waals surface area contributed by atoms with Crippen LogP contribution >= 0.6 is 0 Å². The SMILES string of the molecule is CCOc1ccc2ccccc2c1C(=O)NCC(c1ccc(OC)cc1)N1CCOCC1. The predicted molar refractivity (Wildman–Crippen MR) is 126 cm³/mol. The number of methoxy groups -OCH3 is 1. The number of rotatable bonds is 8. The molecule has 1 aliphatic rings. The molecule has 0 radical (unpaired) electrons. The molecule has 0 aromatic heterocycles. The fourth-order valence-electron chi connectivity index (χ4n) is 4.21. The maximum Gasteiger partial charge on any atom is 0.255 e. The second kappa shape index (κ2) is 10.5. The lowest BCUT2D eigenvalue weighted by atomic mass is 10.0. The van der Waals surface area contributed by atoms with Crippen molar-refractivity contribution in [2.24, 2.45) is 0 Å². The Balaban J connectivity index is 1.60. The van der Waals surface area contributed by atoms with Gasteiger partial charge in [-0.3, -0.25) is 9.69 Å². The van der Waals surface area contributed by atoms with Crippen molar-refractivity contribution in [2.45, 2.75) is 13.0 Å². The molecule has 0 aliphatic carbocycles. The third-order valence-corrected chi connectivity index (χ3v) is 5.86. The van der Waals surface area contributed by atoms with Crippen molar-refractivity contribution < 1.29 is 19.0 Å². The Bertz CT molecular complexity index is 1050. The highest BCUT2D eigenvalue weighted by Crippen LogP contribution is 2.29. The number of morpholine rings is 1. The van der Waals surface area contributed by atoms with Gasteiger partial charge in [0.2, 0.25) is 0 Å². The predicted octanol–water partition coefficient (Wildman–Crippen LogP) is 4.05. The lowest BCUT2D eigenvalue weighted by Gasteiger charge is -2.35. The van der Waals surface area contributed by atoms with E-state index >= 15 is 0 Å². The number of hydrogen-bond donors (Lipinski definition) is 1. The zero-order valence-electron chi connectivity index (χ0n) is 18.7. The number of amides is 1. The van der Waals surface area contributed by atoms with Crippen LogP contribution in [-0.4, -0.2) is 57.4 Å². The van der Waals surface area contributed by atoms with Gasteiger partial charge in [-0.2, -0.15) is 0 Å². The number of carbonyl (C=O) groups excluding carboxylic acids is 1. The number of fused-ring (bicyclic) bond motifs is 1. The monoisotopic (exact) mass is 434 g/mol. The molecule has 1 heterocycles. The van der Waals surface area contributed by atoms with E-state index in [4.69, 9.17) is 14.2 Å². The van der Waals surface area contributed by atoms with Gasteiger partial charge >= 0.3 is 0 Å². The third-order valence-electron chi connectivity index (χ3n) is 5.86. The molecule has 168 valence electrons. The van der Waals surface area contributed by atoms with Gasteiger partial charge in [-0.15, -0.1) is 0 Å². The number of nitrogens with zero attached hydrogens (tertiary/aromatic N) is 1. The van der Waals surface area contributed by atoms with Crippen molar-refractivity contribution in [3.8, 4) is 11.5 Å². The van der Waals surface area contributed by atoms with Crippen molar-refractivity contribution in [1.82, 2.24) is 10.2 Å². The zero-order valence-corrected chi connectivity index (χ0v) is 18.7. The molecule has 4 rings (SSSR count). The number of hydrogen-bond acceptors (Lipinski definition) is 5. The van der Waals surface area contributed by atoms with Crippen LogP contribution in [0.4, 0.5) is 0 Å². The van der Waals surface area contributed by atoms with E-state index in [0.717, 1.165) is 35.2 Å². The summed E-state index contributed by atoms with van der Waals surface area (Å²) < 4.78 is 16.7. The van der Waals surface area contributed by atoms with Crippen LogP contribution in [0.15, 0.2) is 60.7 Å². The molecule has 0 saturated carbocycles. The Kier molecular flexibility index (Phi) is 7.24. The lowest BCUT2D eigenvalue weighted by molar-refractivity contribution is 0.0162. The quantitative estimate of drug-likeness (QED) is 0.580. The molecule has 0 spiro atoms. The second-order valence-electron chi connectivity index (χ2n) is 7.74. The Morgan fingerprint density at radius 1 is 1.06 bits per heavy atom. The number of benzene rings is 3. The van der Waals surface area contributed by atoms with Crippen LogP contribution in [0.1, 0.15) is 28.9 Å². The molecule has 1 aliphatic heterocycles. The van der Waals surface area contributed by atoms with E-state index in [1.54, 1.807) is 7.11 Å². The molecule has 1 unspecified atom stereocenters. The molecule has 6 nitrogen and oxygen atoms in total. The van der Waals surface area contributed by atoms with Gasteiger partial charge < -0.3 is 19.5 Å². The van der Waals surface area contributed by atoms with Crippen molar-refractivity contribution in [2.75, 3.05) is 46.6 Å². The van der Waals surface area contributed by atoms with E-state index in [9.17, 15) is 4.79 Å². The third kappa shape index (κ3) is 4.87. The van der Waals surface area contributed by atoms with Gasteiger partial charge in [-0.05, 0) is 41.5 Å². The average Bonchev–Trinajstić information content (AvgIpc) is 2.85. The summed E-state index contributed by atoms with van der Waals surface area (Å²) in [5.74, 6) is 1.30. The highest BCUT2D eigenvalue weighted by molar-refractivity contribution is 6.09. The van der Waals surface area contributed by atoms with Crippen molar-refractivity contribution in [3.63, 3.8) is 0 Å². The van der Waals surface area contributed by atoms with E-state index in [2.05, 4.69) is 22.3 Å². The summed E-state index contributed by atoms with van der Waals surface area (Å²) in [5, 5.41) is 5.09. The van der Waals surface area contributed by atoms with Crippen LogP contribution in [0.3, 0.4) is 0 Å². The van der Waals surface area contributed by atoms with Gasteiger partial charge in [0, 0.05) is 19.6 Å². The van der Waals surface area contributed by atoms with Gasteiger partial charge in [-0.25, -0.2) is 0 Å². The normalized spacial score (nSPS) is 15.3. The minimum Gasteiger partial charge on any atom is -0.497 e. The van der Waals surface area contributed by atoms with Crippen LogP contribution in [0, 0.1) is 0 Å². The molecule has 32 heavy (non-hydrogen) atoms. The highest BCUT2D eigenvalue weighted by Gasteiger charge is 2.25. The lowest BCUT2D eigenvalue weighted by Crippen LogP contribution is -2.43. The van der Waals surface area contributed by atoms with Gasteiger partial charge in [0.05, 0.1) is 38.5 Å². The van der Waals surface area contributed by atoms with E-state index in [1.165, 1.54) is 0 Å². The summed E-state index contributed by atoms with van der Waals surface area (Å²) in [6.07, 6.45) is 0. The topological polar surface area (TPSA) is 60.0 Å². The largest absolute Gasteiger partial charge is 0.497 e. The first-order valence-corrected chi connectivity index (χ1v) is 11.1. The first-order valence-electron chi connectivity index (χ1n) is 11.1. The molecule has 3 aromatic rings. The van der Waals surface area contributed by atoms with Gasteiger partial charge in [-0.1, -0.05) is 42.5 Å². The maximum atomic E-state index is 13.4. The van der Waals surface area contributed by atoms with Crippen LogP contribution in [0.5, 0.6) is 11.5 Å². The van der Waals surface area contributed by atoms with Gasteiger partial charge in [0.25, 0.3) is 5.91 Å². The van der Waals surface area contributed by atoms with E-state index in [-0.39, 0.29) is 11.9 Å². The molecule has 1 saturated heterocycles. The zero-order chi connectivity index (χ0) is 22.3. The molecule has 1 N–H and O–H groups in total. The summed E-state index contributed by atoms with van der Waals surface area (Å²) in [6, 6.07) is 19.9. The molecule has 1 amide bonds.